The second kappa shape index (κ2) is 3.44. The molecule has 1 aliphatic heterocycles. The Balaban J connectivity index is 1.95. The van der Waals surface area contributed by atoms with Gasteiger partial charge in [-0.05, 0) is 57.2 Å². The quantitative estimate of drug-likeness (QED) is 0.664. The van der Waals surface area contributed by atoms with Crippen molar-refractivity contribution in [3.05, 3.63) is 50.2 Å². The molecule has 86 valence electrons. The molecule has 0 saturated carbocycles. The van der Waals surface area contributed by atoms with E-state index in [9.17, 15) is 4.79 Å². The number of halogens is 1. The van der Waals surface area contributed by atoms with Crippen LogP contribution in [0.3, 0.4) is 0 Å². The predicted molar refractivity (Wildman–Crippen MR) is 75.4 cm³/mol. The number of fused-ring (bicyclic) bond motifs is 3. The molecule has 0 amide bonds. The Morgan fingerprint density at radius 2 is 2.11 bits per heavy atom. The maximum absolute atomic E-state index is 12.4. The van der Waals surface area contributed by atoms with Gasteiger partial charge < -0.3 is 0 Å². The van der Waals surface area contributed by atoms with Crippen molar-refractivity contribution in [3.63, 3.8) is 0 Å². The number of ketones is 1. The molecule has 18 heavy (non-hydrogen) atoms. The summed E-state index contributed by atoms with van der Waals surface area (Å²) in [6.07, 6.45) is 2.46. The summed E-state index contributed by atoms with van der Waals surface area (Å²) in [5.41, 5.74) is 5.21. The van der Waals surface area contributed by atoms with Crippen LogP contribution in [0.5, 0.6) is 0 Å². The fourth-order valence-electron chi connectivity index (χ4n) is 2.51. The summed E-state index contributed by atoms with van der Waals surface area (Å²) >= 11 is 2.22. The molecule has 1 heterocycles. The summed E-state index contributed by atoms with van der Waals surface area (Å²) in [5.74, 6) is 0.0900. The van der Waals surface area contributed by atoms with E-state index in [1.54, 1.807) is 0 Å². The van der Waals surface area contributed by atoms with Crippen molar-refractivity contribution < 1.29 is 4.79 Å². The first kappa shape index (κ1) is 10.3. The van der Waals surface area contributed by atoms with Gasteiger partial charge in [0, 0.05) is 21.1 Å². The third-order valence-electron chi connectivity index (χ3n) is 3.36. The van der Waals surface area contributed by atoms with Gasteiger partial charge in [0.25, 0.3) is 0 Å². The van der Waals surface area contributed by atoms with E-state index in [4.69, 9.17) is 0 Å². The Labute approximate surface area is 116 Å². The zero-order chi connectivity index (χ0) is 12.3. The largest absolute Gasteiger partial charge is 0.289 e. The summed E-state index contributed by atoms with van der Waals surface area (Å²) in [6.45, 7) is 0. The molecule has 4 rings (SSSR count). The number of Topliss-reactive ketones (excluding diaryl/α,β-unsaturated/α-hetero) is 1. The van der Waals surface area contributed by atoms with Crippen molar-refractivity contribution in [2.24, 2.45) is 15.4 Å². The average molecular weight is 347 g/mol. The SMILES string of the molecule is O=C1C2=C(CC3=NN=NC3=C2)c2ccc(I)cc21. The van der Waals surface area contributed by atoms with Gasteiger partial charge in [-0.25, -0.2) is 0 Å². The second-order valence-electron chi connectivity index (χ2n) is 4.35. The maximum atomic E-state index is 12.4. The van der Waals surface area contributed by atoms with E-state index < -0.39 is 0 Å². The standard InChI is InChI=1S/C13H6IN3O/c14-6-1-2-7-8-4-11-12(16-17-15-11)5-10(8)13(18)9(7)3-6/h1-3,5H,4H2. The smallest absolute Gasteiger partial charge is 0.194 e. The predicted octanol–water partition coefficient (Wildman–Crippen LogP) is 3.35. The van der Waals surface area contributed by atoms with E-state index in [2.05, 4.69) is 38.0 Å². The molecule has 0 aromatic heterocycles. The fraction of sp³-hybridized carbons (Fsp3) is 0.0769. The number of rotatable bonds is 0. The van der Waals surface area contributed by atoms with E-state index in [1.807, 2.05) is 24.3 Å². The number of hydrogen-bond acceptors (Lipinski definition) is 4. The highest BCUT2D eigenvalue weighted by Gasteiger charge is 2.34. The monoisotopic (exact) mass is 347 g/mol. The van der Waals surface area contributed by atoms with Gasteiger partial charge in [0.2, 0.25) is 0 Å². The van der Waals surface area contributed by atoms with Gasteiger partial charge in [0.05, 0.1) is 5.71 Å². The number of nitrogens with zero attached hydrogens (tertiary/aromatic N) is 3. The molecule has 0 radical (unpaired) electrons. The highest BCUT2D eigenvalue weighted by molar-refractivity contribution is 14.1. The molecule has 0 bridgehead atoms. The number of carbonyl (C=O) groups excluding carboxylic acids is 1. The average Bonchev–Trinajstić information content (AvgIpc) is 2.92. The first-order chi connectivity index (χ1) is 8.74. The molecule has 4 nitrogen and oxygen atoms in total. The normalized spacial score (nSPS) is 19.5. The van der Waals surface area contributed by atoms with Crippen LogP contribution < -0.4 is 0 Å². The van der Waals surface area contributed by atoms with Crippen molar-refractivity contribution in [1.29, 1.82) is 0 Å². The van der Waals surface area contributed by atoms with Crippen LogP contribution in [0, 0.1) is 3.57 Å². The van der Waals surface area contributed by atoms with Crippen LogP contribution in [0.25, 0.3) is 5.57 Å². The van der Waals surface area contributed by atoms with Gasteiger partial charge >= 0.3 is 0 Å². The zero-order valence-electron chi connectivity index (χ0n) is 9.14. The van der Waals surface area contributed by atoms with Crippen molar-refractivity contribution in [3.8, 4) is 0 Å². The molecule has 2 aliphatic carbocycles. The Bertz CT molecular complexity index is 741. The van der Waals surface area contributed by atoms with E-state index >= 15 is 0 Å². The summed E-state index contributed by atoms with van der Waals surface area (Å²) in [7, 11) is 0. The lowest BCUT2D eigenvalue weighted by atomic mass is 9.94. The molecule has 0 fully saturated rings. The van der Waals surface area contributed by atoms with Crippen molar-refractivity contribution >= 4 is 39.7 Å². The van der Waals surface area contributed by atoms with Gasteiger partial charge in [-0.3, -0.25) is 4.79 Å². The highest BCUT2D eigenvalue weighted by atomic mass is 127. The van der Waals surface area contributed by atoms with E-state index in [0.717, 1.165) is 37.3 Å². The van der Waals surface area contributed by atoms with Gasteiger partial charge in [-0.2, -0.15) is 0 Å². The Morgan fingerprint density at radius 3 is 3.00 bits per heavy atom. The lowest BCUT2D eigenvalue weighted by molar-refractivity contribution is 0.104. The summed E-state index contributed by atoms with van der Waals surface area (Å²) < 4.78 is 1.07. The maximum Gasteiger partial charge on any atom is 0.194 e. The lowest BCUT2D eigenvalue weighted by Crippen LogP contribution is -2.06. The minimum atomic E-state index is 0.0900. The highest BCUT2D eigenvalue weighted by Crippen LogP contribution is 2.41. The third-order valence-corrected chi connectivity index (χ3v) is 4.03. The summed E-state index contributed by atoms with van der Waals surface area (Å²) in [4.78, 5) is 12.4. The molecule has 0 unspecified atom stereocenters. The minimum absolute atomic E-state index is 0.0900. The lowest BCUT2D eigenvalue weighted by Gasteiger charge is -2.10. The first-order valence-corrected chi connectivity index (χ1v) is 6.59. The molecule has 0 N–H and O–H groups in total. The molecule has 0 spiro atoms. The topological polar surface area (TPSA) is 54.1 Å². The van der Waals surface area contributed by atoms with Gasteiger partial charge in [0.1, 0.15) is 5.70 Å². The first-order valence-electron chi connectivity index (χ1n) is 5.51. The van der Waals surface area contributed by atoms with Crippen LogP contribution in [0.2, 0.25) is 0 Å². The van der Waals surface area contributed by atoms with Crippen LogP contribution in [-0.4, -0.2) is 11.5 Å². The summed E-state index contributed by atoms with van der Waals surface area (Å²) in [6, 6.07) is 5.97. The van der Waals surface area contributed by atoms with E-state index in [0.29, 0.717) is 6.42 Å². The summed E-state index contributed by atoms with van der Waals surface area (Å²) in [5, 5.41) is 11.6. The number of benzene rings is 1. The molecular formula is C13H6IN3O. The van der Waals surface area contributed by atoms with Gasteiger partial charge in [-0.15, -0.1) is 10.2 Å². The molecule has 1 aromatic rings. The zero-order valence-corrected chi connectivity index (χ0v) is 11.3. The Morgan fingerprint density at radius 1 is 1.22 bits per heavy atom. The molecule has 0 saturated heterocycles. The molecule has 5 heteroatoms. The molecule has 3 aliphatic rings. The van der Waals surface area contributed by atoms with Crippen LogP contribution in [-0.2, 0) is 0 Å². The van der Waals surface area contributed by atoms with E-state index in [-0.39, 0.29) is 5.78 Å². The number of carbonyl (C=O) groups is 1. The van der Waals surface area contributed by atoms with E-state index in [1.165, 1.54) is 0 Å². The molecule has 0 atom stereocenters. The number of hydrogen-bond donors (Lipinski definition) is 0. The van der Waals surface area contributed by atoms with Crippen molar-refractivity contribution in [1.82, 2.24) is 0 Å². The molecule has 1 aromatic carbocycles. The minimum Gasteiger partial charge on any atom is -0.289 e. The Kier molecular flexibility index (Phi) is 1.97. The van der Waals surface area contributed by atoms with Crippen LogP contribution in [0.1, 0.15) is 22.3 Å². The van der Waals surface area contributed by atoms with Crippen molar-refractivity contribution in [2.45, 2.75) is 6.42 Å². The second-order valence-corrected chi connectivity index (χ2v) is 5.60. The molecular weight excluding hydrogens is 341 g/mol. The van der Waals surface area contributed by atoms with Gasteiger partial charge in [0.15, 0.2) is 5.78 Å². The van der Waals surface area contributed by atoms with Crippen LogP contribution >= 0.6 is 22.6 Å². The van der Waals surface area contributed by atoms with Crippen molar-refractivity contribution in [2.75, 3.05) is 0 Å². The van der Waals surface area contributed by atoms with Crippen LogP contribution in [0.4, 0.5) is 0 Å². The Hall–Kier alpha value is -1.63. The third kappa shape index (κ3) is 1.25. The number of allylic oxidation sites excluding steroid dienone is 4. The van der Waals surface area contributed by atoms with Crippen LogP contribution in [0.15, 0.2) is 51.0 Å². The van der Waals surface area contributed by atoms with Gasteiger partial charge in [-0.1, -0.05) is 6.07 Å². The fourth-order valence-corrected chi connectivity index (χ4v) is 3.00.